The van der Waals surface area contributed by atoms with Gasteiger partial charge in [0.05, 0.1) is 26.3 Å². The molecule has 0 heterocycles. The van der Waals surface area contributed by atoms with E-state index in [2.05, 4.69) is 4.99 Å². The van der Waals surface area contributed by atoms with Crippen molar-refractivity contribution in [3.63, 3.8) is 0 Å². The lowest BCUT2D eigenvalue weighted by molar-refractivity contribution is -0.113. The molecule has 0 amide bonds. The SMILES string of the molecule is CC(=O)C(C=Nc1cc(Cl)c(Cl)c(C(=O)O)c1Cl)=C(C)O. The maximum absolute atomic E-state index is 11.3. The minimum Gasteiger partial charge on any atom is -0.512 e. The first-order chi connectivity index (χ1) is 9.66. The highest BCUT2D eigenvalue weighted by atomic mass is 35.5. The first kappa shape index (κ1) is 17.5. The number of carbonyl (C=O) groups excluding carboxylic acids is 1. The van der Waals surface area contributed by atoms with E-state index in [1.165, 1.54) is 19.9 Å². The summed E-state index contributed by atoms with van der Waals surface area (Å²) in [6, 6.07) is 1.26. The van der Waals surface area contributed by atoms with Crippen LogP contribution in [0.3, 0.4) is 0 Å². The molecule has 0 aliphatic carbocycles. The Labute approximate surface area is 135 Å². The molecule has 0 aliphatic rings. The summed E-state index contributed by atoms with van der Waals surface area (Å²) in [4.78, 5) is 26.3. The Morgan fingerprint density at radius 2 is 1.71 bits per heavy atom. The number of allylic oxidation sites excluding steroid dienone is 2. The van der Waals surface area contributed by atoms with Gasteiger partial charge in [0.2, 0.25) is 0 Å². The van der Waals surface area contributed by atoms with Crippen LogP contribution in [0.15, 0.2) is 22.4 Å². The molecule has 1 aromatic carbocycles. The minimum absolute atomic E-state index is 0.0171. The second kappa shape index (κ2) is 6.93. The van der Waals surface area contributed by atoms with Crippen molar-refractivity contribution in [3.8, 4) is 0 Å². The van der Waals surface area contributed by atoms with E-state index in [-0.39, 0.29) is 37.7 Å². The fraction of sp³-hybridized carbons (Fsp3) is 0.154. The lowest BCUT2D eigenvalue weighted by Gasteiger charge is -2.07. The van der Waals surface area contributed by atoms with Crippen LogP contribution in [0.4, 0.5) is 5.69 Å². The van der Waals surface area contributed by atoms with E-state index in [4.69, 9.17) is 39.9 Å². The Morgan fingerprint density at radius 3 is 2.14 bits per heavy atom. The van der Waals surface area contributed by atoms with Gasteiger partial charge in [-0.15, -0.1) is 0 Å². The first-order valence-electron chi connectivity index (χ1n) is 5.52. The number of aliphatic imine (C=N–C) groups is 1. The Morgan fingerprint density at radius 1 is 1.14 bits per heavy atom. The molecule has 1 rings (SSSR count). The molecule has 112 valence electrons. The van der Waals surface area contributed by atoms with Crippen LogP contribution < -0.4 is 0 Å². The maximum atomic E-state index is 11.3. The Hall–Kier alpha value is -1.56. The molecule has 0 aromatic heterocycles. The van der Waals surface area contributed by atoms with Crippen molar-refractivity contribution in [1.29, 1.82) is 0 Å². The van der Waals surface area contributed by atoms with Gasteiger partial charge in [0.15, 0.2) is 5.78 Å². The van der Waals surface area contributed by atoms with Crippen molar-refractivity contribution in [2.75, 3.05) is 0 Å². The zero-order valence-corrected chi connectivity index (χ0v) is 13.2. The number of aromatic carboxylic acids is 1. The molecule has 0 atom stereocenters. The van der Waals surface area contributed by atoms with Crippen LogP contribution in [-0.2, 0) is 4.79 Å². The predicted molar refractivity (Wildman–Crippen MR) is 82.6 cm³/mol. The Balaban J connectivity index is 3.44. The van der Waals surface area contributed by atoms with Crippen molar-refractivity contribution in [2.24, 2.45) is 4.99 Å². The Bertz CT molecular complexity index is 676. The van der Waals surface area contributed by atoms with Crippen LogP contribution in [-0.4, -0.2) is 28.2 Å². The van der Waals surface area contributed by atoms with Gasteiger partial charge in [-0.05, 0) is 19.9 Å². The summed E-state index contributed by atoms with van der Waals surface area (Å²) in [6.45, 7) is 2.57. The molecule has 1 aromatic rings. The predicted octanol–water partition coefficient (Wildman–Crippen LogP) is 4.47. The highest BCUT2D eigenvalue weighted by Crippen LogP contribution is 2.38. The van der Waals surface area contributed by atoms with Crippen molar-refractivity contribution >= 4 is 58.5 Å². The third-order valence-electron chi connectivity index (χ3n) is 2.45. The summed E-state index contributed by atoms with van der Waals surface area (Å²) in [7, 11) is 0. The number of Topliss-reactive ketones (excluding diaryl/α,β-unsaturated/α-hetero) is 1. The van der Waals surface area contributed by atoms with Gasteiger partial charge in [-0.2, -0.15) is 0 Å². The van der Waals surface area contributed by atoms with E-state index in [1.807, 2.05) is 0 Å². The molecule has 0 spiro atoms. The number of aliphatic hydroxyl groups is 1. The monoisotopic (exact) mass is 349 g/mol. The zero-order chi connectivity index (χ0) is 16.3. The average molecular weight is 351 g/mol. The van der Waals surface area contributed by atoms with Crippen LogP contribution in [0, 0.1) is 0 Å². The summed E-state index contributed by atoms with van der Waals surface area (Å²) >= 11 is 17.5. The van der Waals surface area contributed by atoms with Crippen LogP contribution in [0.1, 0.15) is 24.2 Å². The van der Waals surface area contributed by atoms with Gasteiger partial charge in [-0.1, -0.05) is 34.8 Å². The molecular weight excluding hydrogens is 341 g/mol. The fourth-order valence-electron chi connectivity index (χ4n) is 1.45. The van der Waals surface area contributed by atoms with E-state index >= 15 is 0 Å². The number of benzene rings is 1. The second-order valence-electron chi connectivity index (χ2n) is 4.00. The van der Waals surface area contributed by atoms with Gasteiger partial charge in [-0.3, -0.25) is 9.79 Å². The lowest BCUT2D eigenvalue weighted by Crippen LogP contribution is -2.02. The van der Waals surface area contributed by atoms with Gasteiger partial charge in [0.25, 0.3) is 0 Å². The minimum atomic E-state index is -1.36. The molecule has 8 heteroatoms. The highest BCUT2D eigenvalue weighted by molar-refractivity contribution is 6.47. The Kier molecular flexibility index (Phi) is 5.78. The summed E-state index contributed by atoms with van der Waals surface area (Å²) in [5.41, 5.74) is -0.399. The molecule has 0 fully saturated rings. The highest BCUT2D eigenvalue weighted by Gasteiger charge is 2.20. The number of hydrogen-bond acceptors (Lipinski definition) is 4. The number of carboxylic acids is 1. The third-order valence-corrected chi connectivity index (χ3v) is 3.62. The second-order valence-corrected chi connectivity index (χ2v) is 5.16. The zero-order valence-electron chi connectivity index (χ0n) is 10.9. The summed E-state index contributed by atoms with van der Waals surface area (Å²) in [6.07, 6.45) is 1.08. The van der Waals surface area contributed by atoms with Gasteiger partial charge >= 0.3 is 5.97 Å². The number of aliphatic hydroxyl groups excluding tert-OH is 1. The smallest absolute Gasteiger partial charge is 0.338 e. The van der Waals surface area contributed by atoms with E-state index in [9.17, 15) is 14.7 Å². The number of nitrogens with zero attached hydrogens (tertiary/aromatic N) is 1. The van der Waals surface area contributed by atoms with E-state index in [1.54, 1.807) is 0 Å². The van der Waals surface area contributed by atoms with Crippen molar-refractivity contribution in [2.45, 2.75) is 13.8 Å². The number of halogens is 3. The average Bonchev–Trinajstić information content (AvgIpc) is 2.34. The quantitative estimate of drug-likeness (QED) is 0.363. The van der Waals surface area contributed by atoms with E-state index in [0.717, 1.165) is 6.21 Å². The standard InChI is InChI=1S/C13H10Cl3NO4/c1-5(18)7(6(2)19)4-17-9-3-8(14)11(15)10(12(9)16)13(20)21/h3-4,18H,1-2H3,(H,20,21). The van der Waals surface area contributed by atoms with Crippen LogP contribution in [0.5, 0.6) is 0 Å². The summed E-state index contributed by atoms with van der Waals surface area (Å²) in [5, 5.41) is 18.0. The molecule has 0 radical (unpaired) electrons. The van der Waals surface area contributed by atoms with Gasteiger partial charge in [-0.25, -0.2) is 4.79 Å². The molecule has 0 unspecified atom stereocenters. The molecule has 5 nitrogen and oxygen atoms in total. The summed E-state index contributed by atoms with van der Waals surface area (Å²) < 4.78 is 0. The third kappa shape index (κ3) is 3.97. The van der Waals surface area contributed by atoms with Crippen molar-refractivity contribution in [1.82, 2.24) is 0 Å². The van der Waals surface area contributed by atoms with Crippen molar-refractivity contribution in [3.05, 3.63) is 38.0 Å². The normalized spacial score (nSPS) is 12.4. The van der Waals surface area contributed by atoms with Crippen LogP contribution in [0.2, 0.25) is 15.1 Å². The molecule has 0 aliphatic heterocycles. The number of carboxylic acid groups (broad SMARTS) is 1. The maximum Gasteiger partial charge on any atom is 0.338 e. The van der Waals surface area contributed by atoms with E-state index in [0.29, 0.717) is 0 Å². The molecule has 2 N–H and O–H groups in total. The van der Waals surface area contributed by atoms with E-state index < -0.39 is 11.8 Å². The first-order valence-corrected chi connectivity index (χ1v) is 6.65. The summed E-state index contributed by atoms with van der Waals surface area (Å²) in [5.74, 6) is -1.99. The van der Waals surface area contributed by atoms with Gasteiger partial charge < -0.3 is 10.2 Å². The number of hydrogen-bond donors (Lipinski definition) is 2. The number of rotatable bonds is 4. The fourth-order valence-corrected chi connectivity index (χ4v) is 2.20. The van der Waals surface area contributed by atoms with Crippen LogP contribution >= 0.6 is 34.8 Å². The molecule has 0 saturated carbocycles. The molecule has 21 heavy (non-hydrogen) atoms. The van der Waals surface area contributed by atoms with Gasteiger partial charge in [0, 0.05) is 6.21 Å². The number of carbonyl (C=O) groups is 2. The number of ketones is 1. The molecular formula is C13H10Cl3NO4. The molecule has 0 saturated heterocycles. The lowest BCUT2D eigenvalue weighted by atomic mass is 10.1. The topological polar surface area (TPSA) is 87.0 Å². The van der Waals surface area contributed by atoms with Crippen LogP contribution in [0.25, 0.3) is 0 Å². The van der Waals surface area contributed by atoms with Crippen molar-refractivity contribution < 1.29 is 19.8 Å². The largest absolute Gasteiger partial charge is 0.512 e. The van der Waals surface area contributed by atoms with Gasteiger partial charge in [0.1, 0.15) is 11.3 Å². The molecule has 0 bridgehead atoms.